The quantitative estimate of drug-likeness (QED) is 0.263. The summed E-state index contributed by atoms with van der Waals surface area (Å²) in [6.45, 7) is 3.01. The van der Waals surface area contributed by atoms with Crippen LogP contribution in [0.25, 0.3) is 5.53 Å². The molecule has 0 aromatic heterocycles. The molecule has 0 saturated carbocycles. The Bertz CT molecular complexity index is 519. The lowest BCUT2D eigenvalue weighted by atomic mass is 10.1. The number of esters is 2. The van der Waals surface area contributed by atoms with E-state index >= 15 is 0 Å². The normalized spacial score (nSPS) is 9.22. The van der Waals surface area contributed by atoms with E-state index in [0.29, 0.717) is 0 Å². The number of rotatable bonds is 4. The number of hydrogen-bond donors (Lipinski definition) is 0. The summed E-state index contributed by atoms with van der Waals surface area (Å²) in [5, 5.41) is 0. The van der Waals surface area contributed by atoms with Crippen LogP contribution in [-0.2, 0) is 14.3 Å². The van der Waals surface area contributed by atoms with Crippen molar-refractivity contribution in [2.24, 2.45) is 0 Å². The summed E-state index contributed by atoms with van der Waals surface area (Å²) >= 11 is 0. The second-order valence-electron chi connectivity index (χ2n) is 3.26. The summed E-state index contributed by atoms with van der Waals surface area (Å²) in [7, 11) is 0. The van der Waals surface area contributed by atoms with Crippen LogP contribution in [0.1, 0.15) is 19.4 Å². The average molecular weight is 248 g/mol. The Kier molecular flexibility index (Phi) is 4.78. The number of carbonyl (C=O) groups excluding carboxylic acids is 2. The lowest BCUT2D eigenvalue weighted by molar-refractivity contribution is -0.139. The molecule has 6 heteroatoms. The van der Waals surface area contributed by atoms with Crippen molar-refractivity contribution in [3.05, 3.63) is 35.4 Å². The molecule has 1 aromatic carbocycles. The first kappa shape index (κ1) is 13.6. The molecule has 0 aliphatic rings. The van der Waals surface area contributed by atoms with Gasteiger partial charge in [0.05, 0.1) is 6.61 Å². The zero-order chi connectivity index (χ0) is 13.5. The first-order valence-corrected chi connectivity index (χ1v) is 5.27. The van der Waals surface area contributed by atoms with Crippen molar-refractivity contribution in [2.45, 2.75) is 13.8 Å². The van der Waals surface area contributed by atoms with Gasteiger partial charge in [-0.1, -0.05) is 12.1 Å². The van der Waals surface area contributed by atoms with Gasteiger partial charge in [0.1, 0.15) is 11.3 Å². The predicted molar refractivity (Wildman–Crippen MR) is 62.1 cm³/mol. The summed E-state index contributed by atoms with van der Waals surface area (Å²) in [5.41, 5.74) is 8.76. The van der Waals surface area contributed by atoms with Crippen LogP contribution in [0.5, 0.6) is 5.75 Å². The summed E-state index contributed by atoms with van der Waals surface area (Å²) < 4.78 is 9.66. The van der Waals surface area contributed by atoms with Crippen LogP contribution in [0.15, 0.2) is 24.3 Å². The zero-order valence-corrected chi connectivity index (χ0v) is 10.0. The third-order valence-corrected chi connectivity index (χ3v) is 1.96. The molecule has 0 N–H and O–H groups in total. The molecular formula is C12H12N2O4. The van der Waals surface area contributed by atoms with Crippen molar-refractivity contribution in [1.82, 2.24) is 0 Å². The van der Waals surface area contributed by atoms with Gasteiger partial charge in [-0.2, -0.15) is 4.79 Å². The minimum Gasteiger partial charge on any atom is -0.457 e. The van der Waals surface area contributed by atoms with Gasteiger partial charge < -0.3 is 15.0 Å². The van der Waals surface area contributed by atoms with E-state index in [1.165, 1.54) is 19.1 Å². The van der Waals surface area contributed by atoms with Crippen molar-refractivity contribution in [2.75, 3.05) is 6.61 Å². The van der Waals surface area contributed by atoms with Crippen molar-refractivity contribution in [3.8, 4) is 5.75 Å². The van der Waals surface area contributed by atoms with Gasteiger partial charge in [0, 0.05) is 6.92 Å². The van der Waals surface area contributed by atoms with Crippen molar-refractivity contribution in [3.63, 3.8) is 0 Å². The molecule has 0 aliphatic carbocycles. The molecule has 0 spiro atoms. The number of ether oxygens (including phenoxy) is 2. The van der Waals surface area contributed by atoms with E-state index in [9.17, 15) is 9.59 Å². The van der Waals surface area contributed by atoms with Crippen LogP contribution in [0.4, 0.5) is 0 Å². The monoisotopic (exact) mass is 248 g/mol. The highest BCUT2D eigenvalue weighted by Crippen LogP contribution is 2.19. The van der Waals surface area contributed by atoms with Gasteiger partial charge in [-0.3, -0.25) is 4.79 Å². The van der Waals surface area contributed by atoms with Crippen molar-refractivity contribution >= 4 is 17.7 Å². The van der Waals surface area contributed by atoms with Gasteiger partial charge in [-0.05, 0) is 19.1 Å². The average Bonchev–Trinajstić information content (AvgIpc) is 2.32. The Balaban J connectivity index is 3.18. The van der Waals surface area contributed by atoms with Gasteiger partial charge in [0.25, 0.3) is 0 Å². The largest absolute Gasteiger partial charge is 0.457 e. The van der Waals surface area contributed by atoms with E-state index in [2.05, 4.69) is 4.79 Å². The maximum Gasteiger partial charge on any atom is 0.422 e. The number of hydrogen-bond acceptors (Lipinski definition) is 4. The van der Waals surface area contributed by atoms with Gasteiger partial charge >= 0.3 is 17.7 Å². The number of carbonyl (C=O) groups is 2. The molecule has 18 heavy (non-hydrogen) atoms. The molecule has 0 amide bonds. The summed E-state index contributed by atoms with van der Waals surface area (Å²) in [4.78, 5) is 25.4. The Morgan fingerprint density at radius 3 is 2.56 bits per heavy atom. The summed E-state index contributed by atoms with van der Waals surface area (Å²) in [5.74, 6) is -1.20. The highest BCUT2D eigenvalue weighted by molar-refractivity contribution is 6.41. The Hall–Kier alpha value is -2.46. The fourth-order valence-corrected chi connectivity index (χ4v) is 1.31. The first-order valence-electron chi connectivity index (χ1n) is 5.27. The standard InChI is InChI=1S/C12H12N2O4/c1-3-17-12(16)11(14-13)9-6-4-5-7-10(9)18-8(2)15/h4-7H,3H2,1-2H3. The third-order valence-electron chi connectivity index (χ3n) is 1.96. The molecule has 0 bridgehead atoms. The molecule has 94 valence electrons. The fourth-order valence-electron chi connectivity index (χ4n) is 1.31. The summed E-state index contributed by atoms with van der Waals surface area (Å²) in [6.07, 6.45) is 0. The van der Waals surface area contributed by atoms with E-state index in [1.807, 2.05) is 0 Å². The molecule has 6 nitrogen and oxygen atoms in total. The molecule has 0 atom stereocenters. The van der Waals surface area contributed by atoms with Crippen molar-refractivity contribution in [1.29, 1.82) is 0 Å². The molecule has 1 aromatic rings. The minimum atomic E-state index is -0.792. The van der Waals surface area contributed by atoms with E-state index in [1.54, 1.807) is 19.1 Å². The Morgan fingerprint density at radius 2 is 2.00 bits per heavy atom. The molecule has 0 saturated heterocycles. The molecule has 0 heterocycles. The van der Waals surface area contributed by atoms with Crippen molar-refractivity contribution < 1.29 is 23.9 Å². The minimum absolute atomic E-state index is 0.130. The lowest BCUT2D eigenvalue weighted by Gasteiger charge is -2.04. The van der Waals surface area contributed by atoms with Gasteiger partial charge in [0.15, 0.2) is 0 Å². The maximum atomic E-state index is 11.6. The highest BCUT2D eigenvalue weighted by atomic mass is 16.5. The van der Waals surface area contributed by atoms with Crippen LogP contribution >= 0.6 is 0 Å². The second kappa shape index (κ2) is 6.32. The van der Waals surface area contributed by atoms with Gasteiger partial charge in [0.2, 0.25) is 0 Å². The highest BCUT2D eigenvalue weighted by Gasteiger charge is 2.28. The SMILES string of the molecule is CCOC(=O)C(=[N+]=[N-])c1ccccc1OC(C)=O. The van der Waals surface area contributed by atoms with E-state index in [0.717, 1.165) is 0 Å². The molecular weight excluding hydrogens is 236 g/mol. The van der Waals surface area contributed by atoms with E-state index < -0.39 is 11.9 Å². The lowest BCUT2D eigenvalue weighted by Crippen LogP contribution is -2.21. The van der Waals surface area contributed by atoms with Crippen LogP contribution in [-0.4, -0.2) is 29.0 Å². The Morgan fingerprint density at radius 1 is 1.33 bits per heavy atom. The molecule has 0 unspecified atom stereocenters. The smallest absolute Gasteiger partial charge is 0.422 e. The molecule has 0 fully saturated rings. The van der Waals surface area contributed by atoms with Crippen LogP contribution in [0, 0.1) is 0 Å². The first-order chi connectivity index (χ1) is 8.60. The van der Waals surface area contributed by atoms with E-state index in [-0.39, 0.29) is 23.6 Å². The fraction of sp³-hybridized carbons (Fsp3) is 0.250. The molecule has 1 rings (SSSR count). The molecule has 0 radical (unpaired) electrons. The van der Waals surface area contributed by atoms with Crippen LogP contribution in [0.2, 0.25) is 0 Å². The Labute approximate surface area is 104 Å². The second-order valence-corrected chi connectivity index (χ2v) is 3.26. The topological polar surface area (TPSA) is 89.0 Å². The van der Waals surface area contributed by atoms with Crippen LogP contribution < -0.4 is 4.74 Å². The zero-order valence-electron chi connectivity index (χ0n) is 10.0. The van der Waals surface area contributed by atoms with Gasteiger partial charge in [-0.25, -0.2) is 4.79 Å². The maximum absolute atomic E-state index is 11.6. The van der Waals surface area contributed by atoms with Crippen LogP contribution in [0.3, 0.4) is 0 Å². The molecule has 0 aliphatic heterocycles. The predicted octanol–water partition coefficient (Wildman–Crippen LogP) is 1.19. The van der Waals surface area contributed by atoms with Gasteiger partial charge in [-0.15, -0.1) is 0 Å². The summed E-state index contributed by atoms with van der Waals surface area (Å²) in [6, 6.07) is 6.22. The number of benzene rings is 1. The van der Waals surface area contributed by atoms with E-state index in [4.69, 9.17) is 15.0 Å². The number of para-hydroxylation sites is 1. The number of nitrogens with zero attached hydrogens (tertiary/aromatic N) is 2. The third kappa shape index (κ3) is 3.26.